The Morgan fingerprint density at radius 3 is 2.86 bits per heavy atom. The summed E-state index contributed by atoms with van der Waals surface area (Å²) < 4.78 is 0. The number of likely N-dealkylation sites (N-methyl/N-ethyl adjacent to an activating group) is 1. The van der Waals surface area contributed by atoms with Crippen LogP contribution in [0.15, 0.2) is 60.8 Å². The number of anilines is 1. The maximum atomic E-state index is 12.9. The Kier molecular flexibility index (Phi) is 6.97. The molecule has 5 rings (SSSR count). The monoisotopic (exact) mass is 499 g/mol. The van der Waals surface area contributed by atoms with E-state index in [4.69, 9.17) is 0 Å². The van der Waals surface area contributed by atoms with Crippen molar-refractivity contribution in [2.24, 2.45) is 0 Å². The molecule has 2 amide bonds. The van der Waals surface area contributed by atoms with Gasteiger partial charge in [0, 0.05) is 43.0 Å². The predicted molar refractivity (Wildman–Crippen MR) is 144 cm³/mol. The number of hydrogen-bond donors (Lipinski definition) is 3. The van der Waals surface area contributed by atoms with Gasteiger partial charge in [-0.1, -0.05) is 24.3 Å². The van der Waals surface area contributed by atoms with Crippen molar-refractivity contribution in [3.63, 3.8) is 0 Å². The minimum atomic E-state index is -0.168. The maximum Gasteiger partial charge on any atom is 0.263 e. The lowest BCUT2D eigenvalue weighted by atomic mass is 9.99. The number of dihydropyridines is 1. The van der Waals surface area contributed by atoms with Crippen LogP contribution in [-0.4, -0.2) is 41.8 Å². The molecule has 36 heavy (non-hydrogen) atoms. The lowest BCUT2D eigenvalue weighted by molar-refractivity contribution is 0.0953. The molecule has 0 fully saturated rings. The second kappa shape index (κ2) is 10.5. The van der Waals surface area contributed by atoms with E-state index in [0.717, 1.165) is 47.9 Å². The van der Waals surface area contributed by atoms with Crippen molar-refractivity contribution in [1.82, 2.24) is 20.5 Å². The molecule has 0 spiro atoms. The van der Waals surface area contributed by atoms with Crippen molar-refractivity contribution >= 4 is 34.4 Å². The third-order valence-corrected chi connectivity index (χ3v) is 7.59. The lowest BCUT2D eigenvalue weighted by Crippen LogP contribution is -2.26. The predicted octanol–water partition coefficient (Wildman–Crippen LogP) is 4.12. The van der Waals surface area contributed by atoms with Crippen molar-refractivity contribution in [2.75, 3.05) is 25.5 Å². The summed E-state index contributed by atoms with van der Waals surface area (Å²) in [6.07, 6.45) is 6.93. The minimum absolute atomic E-state index is 0.163. The number of allylic oxidation sites excluding steroid dienone is 2. The molecule has 0 aliphatic carbocycles. The van der Waals surface area contributed by atoms with E-state index in [1.165, 1.54) is 22.5 Å². The molecule has 0 saturated carbocycles. The van der Waals surface area contributed by atoms with Crippen LogP contribution in [0.25, 0.3) is 5.57 Å². The molecule has 3 heterocycles. The number of amides is 2. The zero-order valence-electron chi connectivity index (χ0n) is 20.4. The number of nitrogens with zero attached hydrogens (tertiary/aromatic N) is 2. The molecule has 2 aliphatic rings. The van der Waals surface area contributed by atoms with Crippen LogP contribution in [0, 0.1) is 6.92 Å². The summed E-state index contributed by atoms with van der Waals surface area (Å²) in [5.74, 6) is -0.331. The molecule has 184 valence electrons. The summed E-state index contributed by atoms with van der Waals surface area (Å²) in [5, 5.41) is 9.94. The summed E-state index contributed by atoms with van der Waals surface area (Å²) in [4.78, 5) is 33.2. The molecule has 2 aliphatic heterocycles. The van der Waals surface area contributed by atoms with Gasteiger partial charge < -0.3 is 20.9 Å². The molecule has 0 bridgehead atoms. The van der Waals surface area contributed by atoms with Gasteiger partial charge in [-0.3, -0.25) is 9.59 Å². The van der Waals surface area contributed by atoms with E-state index in [0.29, 0.717) is 22.7 Å². The fraction of sp³-hybridized carbons (Fsp3) is 0.250. The second-order valence-corrected chi connectivity index (χ2v) is 10.1. The Morgan fingerprint density at radius 1 is 1.14 bits per heavy atom. The first-order valence-corrected chi connectivity index (χ1v) is 12.8. The van der Waals surface area contributed by atoms with E-state index in [-0.39, 0.29) is 11.8 Å². The van der Waals surface area contributed by atoms with Crippen LogP contribution in [0.2, 0.25) is 0 Å². The molecule has 8 heteroatoms. The van der Waals surface area contributed by atoms with Crippen LogP contribution >= 0.6 is 11.3 Å². The molecule has 3 N–H and O–H groups in total. The largest absolute Gasteiger partial charge is 0.387 e. The third kappa shape index (κ3) is 5.40. The Labute approximate surface area is 214 Å². The normalized spacial score (nSPS) is 15.0. The van der Waals surface area contributed by atoms with Crippen LogP contribution in [0.1, 0.15) is 47.4 Å². The highest BCUT2D eigenvalue weighted by Crippen LogP contribution is 2.26. The van der Waals surface area contributed by atoms with Gasteiger partial charge in [-0.2, -0.15) is 0 Å². The van der Waals surface area contributed by atoms with Crippen LogP contribution < -0.4 is 16.0 Å². The number of aryl methyl sites for hydroxylation is 1. The highest BCUT2D eigenvalue weighted by Gasteiger charge is 2.18. The molecule has 0 atom stereocenters. The average molecular weight is 500 g/mol. The molecule has 3 aromatic rings. The average Bonchev–Trinajstić information content (AvgIpc) is 3.29. The number of aromatic nitrogens is 1. The van der Waals surface area contributed by atoms with Crippen molar-refractivity contribution in [2.45, 2.75) is 26.4 Å². The smallest absolute Gasteiger partial charge is 0.263 e. The van der Waals surface area contributed by atoms with E-state index in [9.17, 15) is 9.59 Å². The molecule has 7 nitrogen and oxygen atoms in total. The van der Waals surface area contributed by atoms with Gasteiger partial charge in [-0.05, 0) is 73.6 Å². The van der Waals surface area contributed by atoms with E-state index >= 15 is 0 Å². The molecular formula is C28H29N5O2S. The van der Waals surface area contributed by atoms with Crippen LogP contribution in [-0.2, 0) is 19.5 Å². The quantitative estimate of drug-likeness (QED) is 0.475. The number of benzene rings is 2. The fourth-order valence-corrected chi connectivity index (χ4v) is 5.41. The number of fused-ring (bicyclic) bond motifs is 1. The fourth-order valence-electron chi connectivity index (χ4n) is 4.41. The van der Waals surface area contributed by atoms with Gasteiger partial charge >= 0.3 is 0 Å². The first-order chi connectivity index (χ1) is 17.5. The minimum Gasteiger partial charge on any atom is -0.387 e. The summed E-state index contributed by atoms with van der Waals surface area (Å²) in [6, 6.07) is 13.5. The lowest BCUT2D eigenvalue weighted by Gasteiger charge is -2.25. The van der Waals surface area contributed by atoms with Crippen LogP contribution in [0.5, 0.6) is 0 Å². The summed E-state index contributed by atoms with van der Waals surface area (Å²) in [6.45, 7) is 4.87. The Hall–Kier alpha value is -3.75. The summed E-state index contributed by atoms with van der Waals surface area (Å²) in [5.41, 5.74) is 6.54. The second-order valence-electron chi connectivity index (χ2n) is 9.14. The highest BCUT2D eigenvalue weighted by molar-refractivity contribution is 7.14. The molecule has 0 radical (unpaired) electrons. The van der Waals surface area contributed by atoms with E-state index in [2.05, 4.69) is 51.1 Å². The SMILES string of the molecule is Cc1nc(C2=CCNC=C2)sc1C(=O)NCc1cccc(C(=O)Nc2ccc3c(c2)CN(C)CC3)c1. The van der Waals surface area contributed by atoms with Crippen molar-refractivity contribution in [3.05, 3.63) is 98.6 Å². The molecular weight excluding hydrogens is 470 g/mol. The first kappa shape index (κ1) is 24.0. The Bertz CT molecular complexity index is 1370. The first-order valence-electron chi connectivity index (χ1n) is 12.0. The zero-order chi connectivity index (χ0) is 25.1. The van der Waals surface area contributed by atoms with Crippen LogP contribution in [0.3, 0.4) is 0 Å². The topological polar surface area (TPSA) is 86.4 Å². The van der Waals surface area contributed by atoms with Gasteiger partial charge in [0.1, 0.15) is 9.88 Å². The number of rotatable bonds is 6. The summed E-state index contributed by atoms with van der Waals surface area (Å²) >= 11 is 1.39. The number of hydrogen-bond acceptors (Lipinski definition) is 6. The van der Waals surface area contributed by atoms with Gasteiger partial charge in [0.15, 0.2) is 0 Å². The third-order valence-electron chi connectivity index (χ3n) is 6.38. The van der Waals surface area contributed by atoms with Crippen LogP contribution in [0.4, 0.5) is 5.69 Å². The van der Waals surface area contributed by atoms with Crippen molar-refractivity contribution in [3.8, 4) is 0 Å². The zero-order valence-corrected chi connectivity index (χ0v) is 21.2. The van der Waals surface area contributed by atoms with Gasteiger partial charge in [-0.15, -0.1) is 11.3 Å². The molecule has 1 aromatic heterocycles. The van der Waals surface area contributed by atoms with Gasteiger partial charge in [0.2, 0.25) is 0 Å². The molecule has 2 aromatic carbocycles. The maximum absolute atomic E-state index is 12.9. The van der Waals surface area contributed by atoms with Crippen molar-refractivity contribution in [1.29, 1.82) is 0 Å². The summed E-state index contributed by atoms with van der Waals surface area (Å²) in [7, 11) is 2.11. The van der Waals surface area contributed by atoms with Gasteiger partial charge in [-0.25, -0.2) is 4.98 Å². The number of carbonyl (C=O) groups excluding carboxylic acids is 2. The Balaban J connectivity index is 1.22. The van der Waals surface area contributed by atoms with E-state index in [1.54, 1.807) is 6.07 Å². The van der Waals surface area contributed by atoms with E-state index in [1.807, 2.05) is 43.5 Å². The Morgan fingerprint density at radius 2 is 2.03 bits per heavy atom. The molecule has 0 saturated heterocycles. The number of nitrogens with one attached hydrogen (secondary N) is 3. The number of thiazole rings is 1. The molecule has 0 unspecified atom stereocenters. The van der Waals surface area contributed by atoms with Gasteiger partial charge in [0.05, 0.1) is 5.69 Å². The standard InChI is InChI=1S/C28H29N5O2S/c1-18-25(36-28(31-18)21-8-11-29-12-9-21)27(35)30-16-19-4-3-5-22(14-19)26(34)32-24-7-6-20-10-13-33(2)17-23(20)15-24/h3-9,11,14-15,29H,10,12-13,16-17H2,1-2H3,(H,30,35)(H,32,34). The highest BCUT2D eigenvalue weighted by atomic mass is 32.1. The van der Waals surface area contributed by atoms with Gasteiger partial charge in [0.25, 0.3) is 11.8 Å². The number of carbonyl (C=O) groups is 2. The van der Waals surface area contributed by atoms with Crippen molar-refractivity contribution < 1.29 is 9.59 Å². The van der Waals surface area contributed by atoms with E-state index < -0.39 is 0 Å².